The third-order valence-corrected chi connectivity index (χ3v) is 2.33. The van der Waals surface area contributed by atoms with E-state index in [2.05, 4.69) is 10.6 Å². The highest BCUT2D eigenvalue weighted by molar-refractivity contribution is 5.91. The third-order valence-electron chi connectivity index (χ3n) is 2.33. The van der Waals surface area contributed by atoms with Crippen molar-refractivity contribution >= 4 is 23.9 Å². The van der Waals surface area contributed by atoms with Gasteiger partial charge in [0.05, 0.1) is 6.42 Å². The fraction of sp³-hybridized carbons (Fsp3) is 0.636. The van der Waals surface area contributed by atoms with E-state index in [4.69, 9.17) is 15.9 Å². The average molecular weight is 289 g/mol. The molecule has 6 N–H and O–H groups in total. The molecule has 0 fully saturated rings. The summed E-state index contributed by atoms with van der Waals surface area (Å²) in [5, 5.41) is 21.7. The second-order valence-electron chi connectivity index (χ2n) is 4.69. The molecule has 0 aliphatic heterocycles. The van der Waals surface area contributed by atoms with Crippen LogP contribution in [0.4, 0.5) is 4.79 Å². The van der Waals surface area contributed by atoms with Gasteiger partial charge in [-0.15, -0.1) is 0 Å². The van der Waals surface area contributed by atoms with E-state index in [1.807, 2.05) is 0 Å². The van der Waals surface area contributed by atoms with E-state index in [-0.39, 0.29) is 12.3 Å². The number of aliphatic carboxylic acids is 2. The summed E-state index contributed by atoms with van der Waals surface area (Å²) < 4.78 is 0. The Hall–Kier alpha value is -2.32. The number of rotatable bonds is 8. The van der Waals surface area contributed by atoms with Crippen molar-refractivity contribution in [1.82, 2.24) is 10.6 Å². The Balaban J connectivity index is 4.81. The minimum absolute atomic E-state index is 0.0420. The Morgan fingerprint density at radius 3 is 1.95 bits per heavy atom. The molecule has 0 heterocycles. The Labute approximate surface area is 115 Å². The van der Waals surface area contributed by atoms with Crippen molar-refractivity contribution in [3.8, 4) is 0 Å². The van der Waals surface area contributed by atoms with Gasteiger partial charge in [-0.3, -0.25) is 9.59 Å². The van der Waals surface area contributed by atoms with Gasteiger partial charge < -0.3 is 26.6 Å². The van der Waals surface area contributed by atoms with Gasteiger partial charge in [-0.1, -0.05) is 13.8 Å². The predicted octanol–water partition coefficient (Wildman–Crippen LogP) is -0.886. The molecule has 0 spiro atoms. The summed E-state index contributed by atoms with van der Waals surface area (Å²) in [6.07, 6.45) is -0.514. The van der Waals surface area contributed by atoms with Crippen LogP contribution in [0, 0.1) is 5.92 Å². The number of hydrogen-bond acceptors (Lipinski definition) is 4. The van der Waals surface area contributed by atoms with Gasteiger partial charge in [0.25, 0.3) is 0 Å². The van der Waals surface area contributed by atoms with Gasteiger partial charge in [0.15, 0.2) is 0 Å². The summed E-state index contributed by atoms with van der Waals surface area (Å²) in [5.41, 5.74) is 4.94. The summed E-state index contributed by atoms with van der Waals surface area (Å²) in [6, 6.07) is -3.50. The highest BCUT2D eigenvalue weighted by Gasteiger charge is 2.28. The van der Waals surface area contributed by atoms with Crippen molar-refractivity contribution in [2.45, 2.75) is 38.8 Å². The maximum Gasteiger partial charge on any atom is 0.326 e. The van der Waals surface area contributed by atoms with Crippen LogP contribution >= 0.6 is 0 Å². The second-order valence-corrected chi connectivity index (χ2v) is 4.69. The molecule has 114 valence electrons. The standard InChI is InChI=1S/C11H19N3O6/c1-5(2)3-6(14-11(12)20)9(17)13-7(10(18)19)4-8(15)16/h5-7H,3-4H2,1-2H3,(H,13,17)(H,15,16)(H,18,19)(H3,12,14,20). The van der Waals surface area contributed by atoms with Crippen LogP contribution in [0.2, 0.25) is 0 Å². The molecule has 2 unspecified atom stereocenters. The fourth-order valence-corrected chi connectivity index (χ4v) is 1.52. The van der Waals surface area contributed by atoms with Crippen molar-refractivity contribution in [3.63, 3.8) is 0 Å². The van der Waals surface area contributed by atoms with Crippen LogP contribution in [-0.2, 0) is 14.4 Å². The lowest BCUT2D eigenvalue weighted by molar-refractivity contribution is -0.147. The molecule has 0 saturated heterocycles. The number of hydrogen-bond donors (Lipinski definition) is 5. The first kappa shape index (κ1) is 17.7. The molecule has 0 aromatic heterocycles. The van der Waals surface area contributed by atoms with Crippen molar-refractivity contribution < 1.29 is 29.4 Å². The second kappa shape index (κ2) is 7.97. The topological polar surface area (TPSA) is 159 Å². The summed E-state index contributed by atoms with van der Waals surface area (Å²) >= 11 is 0. The van der Waals surface area contributed by atoms with Crippen molar-refractivity contribution in [2.75, 3.05) is 0 Å². The van der Waals surface area contributed by atoms with Crippen LogP contribution < -0.4 is 16.4 Å². The predicted molar refractivity (Wildman–Crippen MR) is 67.8 cm³/mol. The van der Waals surface area contributed by atoms with Gasteiger partial charge in [-0.05, 0) is 12.3 Å². The van der Waals surface area contributed by atoms with E-state index in [0.717, 1.165) is 0 Å². The minimum Gasteiger partial charge on any atom is -0.481 e. The molecule has 2 atom stereocenters. The highest BCUT2D eigenvalue weighted by atomic mass is 16.4. The van der Waals surface area contributed by atoms with Crippen molar-refractivity contribution in [3.05, 3.63) is 0 Å². The Kier molecular flexibility index (Phi) is 7.05. The quantitative estimate of drug-likeness (QED) is 0.390. The number of carboxylic acids is 2. The monoisotopic (exact) mass is 289 g/mol. The number of urea groups is 1. The van der Waals surface area contributed by atoms with Crippen LogP contribution in [0.1, 0.15) is 26.7 Å². The molecule has 3 amide bonds. The molecule has 0 aromatic rings. The maximum atomic E-state index is 11.9. The molecule has 0 aliphatic carbocycles. The van der Waals surface area contributed by atoms with Crippen molar-refractivity contribution in [2.24, 2.45) is 11.7 Å². The molecule has 0 saturated carbocycles. The van der Waals surface area contributed by atoms with Gasteiger partial charge >= 0.3 is 18.0 Å². The molecular formula is C11H19N3O6. The number of carboxylic acid groups (broad SMARTS) is 2. The molecule has 0 radical (unpaired) electrons. The first-order valence-corrected chi connectivity index (χ1v) is 5.94. The van der Waals surface area contributed by atoms with Gasteiger partial charge in [0.2, 0.25) is 5.91 Å². The largest absolute Gasteiger partial charge is 0.481 e. The van der Waals surface area contributed by atoms with Crippen LogP contribution in [0.5, 0.6) is 0 Å². The molecule has 0 aromatic carbocycles. The molecular weight excluding hydrogens is 270 g/mol. The lowest BCUT2D eigenvalue weighted by Crippen LogP contribution is -2.53. The van der Waals surface area contributed by atoms with E-state index in [0.29, 0.717) is 0 Å². The summed E-state index contributed by atoms with van der Waals surface area (Å²) in [7, 11) is 0. The van der Waals surface area contributed by atoms with E-state index in [1.54, 1.807) is 13.8 Å². The Morgan fingerprint density at radius 1 is 1.05 bits per heavy atom. The molecule has 9 nitrogen and oxygen atoms in total. The molecule has 0 aliphatic rings. The van der Waals surface area contributed by atoms with Crippen molar-refractivity contribution in [1.29, 1.82) is 0 Å². The van der Waals surface area contributed by atoms with Crippen LogP contribution in [0.3, 0.4) is 0 Å². The van der Waals surface area contributed by atoms with Gasteiger partial charge in [-0.2, -0.15) is 0 Å². The van der Waals surface area contributed by atoms with E-state index in [1.165, 1.54) is 0 Å². The third kappa shape index (κ3) is 7.19. The fourth-order valence-electron chi connectivity index (χ4n) is 1.52. The summed E-state index contributed by atoms with van der Waals surface area (Å²) in [5.74, 6) is -3.57. The van der Waals surface area contributed by atoms with Crippen LogP contribution in [0.25, 0.3) is 0 Å². The molecule has 0 rings (SSSR count). The lowest BCUT2D eigenvalue weighted by Gasteiger charge is -2.21. The molecule has 9 heteroatoms. The van der Waals surface area contributed by atoms with Crippen LogP contribution in [0.15, 0.2) is 0 Å². The number of carbonyl (C=O) groups excluding carboxylic acids is 2. The van der Waals surface area contributed by atoms with E-state index in [9.17, 15) is 19.2 Å². The highest BCUT2D eigenvalue weighted by Crippen LogP contribution is 2.06. The summed E-state index contributed by atoms with van der Waals surface area (Å²) in [4.78, 5) is 44.1. The zero-order valence-corrected chi connectivity index (χ0v) is 11.3. The number of carbonyl (C=O) groups is 4. The Bertz CT molecular complexity index is 396. The number of primary amides is 1. The zero-order chi connectivity index (χ0) is 15.9. The lowest BCUT2D eigenvalue weighted by atomic mass is 10.0. The molecule has 20 heavy (non-hydrogen) atoms. The zero-order valence-electron chi connectivity index (χ0n) is 11.3. The first-order valence-electron chi connectivity index (χ1n) is 5.94. The van der Waals surface area contributed by atoms with Crippen LogP contribution in [-0.4, -0.2) is 46.2 Å². The Morgan fingerprint density at radius 2 is 1.60 bits per heavy atom. The average Bonchev–Trinajstić information content (AvgIpc) is 2.24. The van der Waals surface area contributed by atoms with Gasteiger partial charge in [-0.25, -0.2) is 9.59 Å². The number of nitrogens with two attached hydrogens (primary N) is 1. The van der Waals surface area contributed by atoms with E-state index >= 15 is 0 Å². The first-order chi connectivity index (χ1) is 9.13. The molecule has 0 bridgehead atoms. The maximum absolute atomic E-state index is 11.9. The number of amides is 3. The number of nitrogens with one attached hydrogen (secondary N) is 2. The van der Waals surface area contributed by atoms with E-state index < -0.39 is 42.4 Å². The minimum atomic E-state index is -1.57. The van der Waals surface area contributed by atoms with Gasteiger partial charge in [0, 0.05) is 0 Å². The smallest absolute Gasteiger partial charge is 0.326 e. The summed E-state index contributed by atoms with van der Waals surface area (Å²) in [6.45, 7) is 3.60. The normalized spacial score (nSPS) is 13.3. The van der Waals surface area contributed by atoms with Gasteiger partial charge in [0.1, 0.15) is 12.1 Å². The SMILES string of the molecule is CC(C)CC(NC(N)=O)C(=O)NC(CC(=O)O)C(=O)O.